The van der Waals surface area contributed by atoms with Crippen LogP contribution in [-0.2, 0) is 10.0 Å². The maximum atomic E-state index is 12.3. The maximum absolute atomic E-state index is 12.3. The van der Waals surface area contributed by atoms with Crippen LogP contribution in [-0.4, -0.2) is 39.0 Å². The van der Waals surface area contributed by atoms with Gasteiger partial charge in [0, 0.05) is 5.02 Å². The van der Waals surface area contributed by atoms with Gasteiger partial charge in [0.25, 0.3) is 0 Å². The molecule has 2 aromatic carbocycles. The van der Waals surface area contributed by atoms with Gasteiger partial charge in [-0.1, -0.05) is 29.3 Å². The molecule has 0 aliphatic rings. The highest BCUT2D eigenvalue weighted by atomic mass is 35.5. The number of aliphatic hydroxyl groups is 1. The van der Waals surface area contributed by atoms with Crippen molar-refractivity contribution in [3.8, 4) is 5.75 Å². The number of sulfonamides is 1. The van der Waals surface area contributed by atoms with Crippen LogP contribution in [0.25, 0.3) is 0 Å². The third-order valence-corrected chi connectivity index (χ3v) is 5.30. The second-order valence-corrected chi connectivity index (χ2v) is 8.80. The van der Waals surface area contributed by atoms with Crippen molar-refractivity contribution in [1.82, 2.24) is 0 Å². The van der Waals surface area contributed by atoms with Gasteiger partial charge in [-0.3, -0.25) is 4.31 Å². The van der Waals surface area contributed by atoms with Crippen LogP contribution in [0, 0.1) is 20.8 Å². The average molecular weight is 398 g/mol. The summed E-state index contributed by atoms with van der Waals surface area (Å²) in [5.74, 6) is 0.557. The predicted octanol–water partition coefficient (Wildman–Crippen LogP) is 3.47. The summed E-state index contributed by atoms with van der Waals surface area (Å²) in [7, 11) is -3.56. The molecule has 1 N–H and O–H groups in total. The van der Waals surface area contributed by atoms with Crippen molar-refractivity contribution >= 4 is 27.3 Å². The van der Waals surface area contributed by atoms with Gasteiger partial charge in [0.2, 0.25) is 10.0 Å². The molecule has 26 heavy (non-hydrogen) atoms. The number of hydrogen-bond donors (Lipinski definition) is 1. The van der Waals surface area contributed by atoms with Crippen LogP contribution in [0.15, 0.2) is 36.4 Å². The number of ether oxygens (including phenoxy) is 1. The monoisotopic (exact) mass is 397 g/mol. The molecule has 5 nitrogen and oxygen atoms in total. The van der Waals surface area contributed by atoms with Gasteiger partial charge in [0.05, 0.1) is 18.5 Å². The Hall–Kier alpha value is -1.76. The molecule has 0 aromatic heterocycles. The summed E-state index contributed by atoms with van der Waals surface area (Å²) in [6.07, 6.45) is 0.152. The van der Waals surface area contributed by atoms with Crippen molar-refractivity contribution in [3.05, 3.63) is 58.1 Å². The van der Waals surface area contributed by atoms with E-state index in [9.17, 15) is 13.5 Å². The van der Waals surface area contributed by atoms with E-state index in [2.05, 4.69) is 0 Å². The Morgan fingerprint density at radius 3 is 2.15 bits per heavy atom. The van der Waals surface area contributed by atoms with Crippen LogP contribution in [0.2, 0.25) is 5.02 Å². The number of benzene rings is 2. The summed E-state index contributed by atoms with van der Waals surface area (Å²) >= 11 is 5.82. The lowest BCUT2D eigenvalue weighted by Crippen LogP contribution is -2.40. The topological polar surface area (TPSA) is 66.8 Å². The van der Waals surface area contributed by atoms with Crippen LogP contribution < -0.4 is 9.04 Å². The minimum Gasteiger partial charge on any atom is -0.491 e. The molecule has 0 amide bonds. The number of rotatable bonds is 7. The van der Waals surface area contributed by atoms with E-state index < -0.39 is 16.1 Å². The molecule has 0 saturated heterocycles. The Morgan fingerprint density at radius 1 is 1.12 bits per heavy atom. The Labute approximate surface area is 160 Å². The largest absolute Gasteiger partial charge is 0.491 e. The van der Waals surface area contributed by atoms with Gasteiger partial charge in [-0.2, -0.15) is 0 Å². The quantitative estimate of drug-likeness (QED) is 0.776. The lowest BCUT2D eigenvalue weighted by Gasteiger charge is -2.28. The normalized spacial score (nSPS) is 12.7. The molecule has 2 rings (SSSR count). The zero-order valence-corrected chi connectivity index (χ0v) is 16.9. The smallest absolute Gasteiger partial charge is 0.232 e. The molecule has 1 atom stereocenters. The van der Waals surface area contributed by atoms with Gasteiger partial charge in [0.15, 0.2) is 0 Å². The van der Waals surface area contributed by atoms with E-state index in [-0.39, 0.29) is 13.2 Å². The van der Waals surface area contributed by atoms with E-state index in [1.165, 1.54) is 4.31 Å². The zero-order valence-electron chi connectivity index (χ0n) is 15.4. The van der Waals surface area contributed by atoms with Crippen molar-refractivity contribution in [3.63, 3.8) is 0 Å². The summed E-state index contributed by atoms with van der Waals surface area (Å²) in [5.41, 5.74) is 3.35. The van der Waals surface area contributed by atoms with Crippen molar-refractivity contribution in [2.45, 2.75) is 26.9 Å². The van der Waals surface area contributed by atoms with Crippen molar-refractivity contribution in [2.75, 3.05) is 23.7 Å². The second kappa shape index (κ2) is 8.29. The van der Waals surface area contributed by atoms with Gasteiger partial charge >= 0.3 is 0 Å². The highest BCUT2D eigenvalue weighted by Gasteiger charge is 2.24. The lowest BCUT2D eigenvalue weighted by molar-refractivity contribution is 0.115. The molecule has 0 saturated carbocycles. The number of hydrogen-bond acceptors (Lipinski definition) is 4. The van der Waals surface area contributed by atoms with Gasteiger partial charge in [0.1, 0.15) is 18.5 Å². The van der Waals surface area contributed by atoms with Crippen LogP contribution in [0.4, 0.5) is 5.69 Å². The number of nitrogens with zero attached hydrogens (tertiary/aromatic N) is 1. The van der Waals surface area contributed by atoms with Gasteiger partial charge < -0.3 is 9.84 Å². The first-order valence-electron chi connectivity index (χ1n) is 8.20. The first kappa shape index (κ1) is 20.6. The van der Waals surface area contributed by atoms with Crippen LogP contribution in [0.5, 0.6) is 5.75 Å². The number of aryl methyl sites for hydroxylation is 3. The first-order chi connectivity index (χ1) is 12.1. The van der Waals surface area contributed by atoms with Crippen molar-refractivity contribution < 1.29 is 18.3 Å². The summed E-state index contributed by atoms with van der Waals surface area (Å²) < 4.78 is 31.4. The molecule has 0 heterocycles. The molecule has 0 fully saturated rings. The Morgan fingerprint density at radius 2 is 1.65 bits per heavy atom. The third-order valence-electron chi connectivity index (χ3n) is 3.92. The van der Waals surface area contributed by atoms with Crippen LogP contribution >= 0.6 is 11.6 Å². The fraction of sp³-hybridized carbons (Fsp3) is 0.368. The summed E-state index contributed by atoms with van der Waals surface area (Å²) in [6, 6.07) is 10.6. The summed E-state index contributed by atoms with van der Waals surface area (Å²) in [6.45, 7) is 5.58. The predicted molar refractivity (Wildman–Crippen MR) is 106 cm³/mol. The molecule has 0 radical (unpaired) electrons. The van der Waals surface area contributed by atoms with E-state index in [0.717, 1.165) is 22.9 Å². The zero-order chi connectivity index (χ0) is 19.5. The van der Waals surface area contributed by atoms with E-state index in [1.807, 2.05) is 32.9 Å². The minimum absolute atomic E-state index is 0.0301. The van der Waals surface area contributed by atoms with E-state index in [0.29, 0.717) is 16.5 Å². The highest BCUT2D eigenvalue weighted by molar-refractivity contribution is 7.92. The lowest BCUT2D eigenvalue weighted by atomic mass is 10.0. The van der Waals surface area contributed by atoms with E-state index in [1.54, 1.807) is 24.3 Å². The van der Waals surface area contributed by atoms with Crippen molar-refractivity contribution in [2.24, 2.45) is 0 Å². The molecular formula is C19H24ClNO4S. The fourth-order valence-electron chi connectivity index (χ4n) is 2.93. The highest BCUT2D eigenvalue weighted by Crippen LogP contribution is 2.28. The molecule has 0 aliphatic heterocycles. The standard InChI is InChI=1S/C19H24ClNO4S/c1-13-9-14(2)19(15(3)10-13)21(26(4,23)24)11-17(22)12-25-18-7-5-16(20)6-8-18/h5-10,17,22H,11-12H2,1-4H3/t17-/m1/s1. The molecule has 0 aliphatic carbocycles. The summed E-state index contributed by atoms with van der Waals surface area (Å²) in [4.78, 5) is 0. The number of halogens is 1. The molecule has 2 aromatic rings. The van der Waals surface area contributed by atoms with Gasteiger partial charge in [-0.25, -0.2) is 8.42 Å². The molecule has 7 heteroatoms. The first-order valence-corrected chi connectivity index (χ1v) is 10.4. The Balaban J connectivity index is 2.17. The van der Waals surface area contributed by atoms with Crippen LogP contribution in [0.1, 0.15) is 16.7 Å². The Kier molecular flexibility index (Phi) is 6.55. The van der Waals surface area contributed by atoms with E-state index in [4.69, 9.17) is 16.3 Å². The third kappa shape index (κ3) is 5.37. The molecule has 0 spiro atoms. The minimum atomic E-state index is -3.56. The Bertz CT molecular complexity index is 843. The van der Waals surface area contributed by atoms with Gasteiger partial charge in [-0.15, -0.1) is 0 Å². The van der Waals surface area contributed by atoms with Gasteiger partial charge in [-0.05, 0) is 56.2 Å². The summed E-state index contributed by atoms with van der Waals surface area (Å²) in [5, 5.41) is 10.9. The van der Waals surface area contributed by atoms with E-state index >= 15 is 0 Å². The number of anilines is 1. The molecule has 0 unspecified atom stereocenters. The molecule has 0 bridgehead atoms. The maximum Gasteiger partial charge on any atom is 0.232 e. The SMILES string of the molecule is Cc1cc(C)c(N(C[C@@H](O)COc2ccc(Cl)cc2)S(C)(=O)=O)c(C)c1. The average Bonchev–Trinajstić information content (AvgIpc) is 2.51. The van der Waals surface area contributed by atoms with Crippen molar-refractivity contribution in [1.29, 1.82) is 0 Å². The second-order valence-electron chi connectivity index (χ2n) is 6.46. The fourth-order valence-corrected chi connectivity index (χ4v) is 4.11. The van der Waals surface area contributed by atoms with Crippen LogP contribution in [0.3, 0.4) is 0 Å². The molecular weight excluding hydrogens is 374 g/mol. The number of aliphatic hydroxyl groups excluding tert-OH is 1. The molecule has 142 valence electrons.